The summed E-state index contributed by atoms with van der Waals surface area (Å²) in [5, 5.41) is 2.85. The Morgan fingerprint density at radius 1 is 1.20 bits per heavy atom. The minimum Gasteiger partial charge on any atom is -0.356 e. The van der Waals surface area contributed by atoms with Crippen LogP contribution in [-0.4, -0.2) is 46.8 Å². The van der Waals surface area contributed by atoms with Gasteiger partial charge in [0, 0.05) is 32.5 Å². The van der Waals surface area contributed by atoms with Gasteiger partial charge in [-0.2, -0.15) is 0 Å². The van der Waals surface area contributed by atoms with Crippen molar-refractivity contribution in [1.29, 1.82) is 0 Å². The highest BCUT2D eigenvalue weighted by atomic mass is 16.2. The van der Waals surface area contributed by atoms with Crippen LogP contribution >= 0.6 is 0 Å². The molecule has 25 heavy (non-hydrogen) atoms. The van der Waals surface area contributed by atoms with E-state index in [4.69, 9.17) is 0 Å². The Hall–Kier alpha value is -2.37. The van der Waals surface area contributed by atoms with E-state index in [1.165, 1.54) is 4.90 Å². The van der Waals surface area contributed by atoms with Crippen LogP contribution in [0.3, 0.4) is 0 Å². The van der Waals surface area contributed by atoms with Crippen LogP contribution in [0.5, 0.6) is 0 Å². The van der Waals surface area contributed by atoms with Crippen LogP contribution in [0.4, 0.5) is 4.79 Å². The van der Waals surface area contributed by atoms with E-state index < -0.39 is 6.04 Å². The number of unbranched alkanes of at least 4 members (excludes halogenated alkanes) is 2. The molecule has 3 rings (SSSR count). The van der Waals surface area contributed by atoms with Crippen LogP contribution in [-0.2, 0) is 22.6 Å². The van der Waals surface area contributed by atoms with Gasteiger partial charge in [0.2, 0.25) is 5.91 Å². The number of benzene rings is 1. The Labute approximate surface area is 148 Å². The van der Waals surface area contributed by atoms with Gasteiger partial charge in [0.25, 0.3) is 5.91 Å². The monoisotopic (exact) mass is 343 g/mol. The highest BCUT2D eigenvalue weighted by Crippen LogP contribution is 2.29. The maximum absolute atomic E-state index is 12.6. The third-order valence-electron chi connectivity index (χ3n) is 4.94. The lowest BCUT2D eigenvalue weighted by molar-refractivity contribution is -0.129. The van der Waals surface area contributed by atoms with E-state index in [2.05, 4.69) is 12.2 Å². The van der Waals surface area contributed by atoms with Crippen LogP contribution < -0.4 is 5.32 Å². The summed E-state index contributed by atoms with van der Waals surface area (Å²) in [7, 11) is 0. The van der Waals surface area contributed by atoms with Crippen LogP contribution in [0, 0.1) is 0 Å². The molecule has 2 aliphatic rings. The first kappa shape index (κ1) is 17.5. The predicted octanol–water partition coefficient (Wildman–Crippen LogP) is 2.07. The molecule has 1 N–H and O–H groups in total. The lowest BCUT2D eigenvalue weighted by Crippen LogP contribution is -2.39. The zero-order valence-corrected chi connectivity index (χ0v) is 14.7. The molecule has 1 saturated heterocycles. The second kappa shape index (κ2) is 7.68. The van der Waals surface area contributed by atoms with E-state index in [0.717, 1.165) is 30.4 Å². The summed E-state index contributed by atoms with van der Waals surface area (Å²) in [5.74, 6) is -0.289. The van der Waals surface area contributed by atoms with Gasteiger partial charge in [-0.3, -0.25) is 14.5 Å². The predicted molar refractivity (Wildman–Crippen MR) is 93.7 cm³/mol. The minimum atomic E-state index is -0.421. The molecule has 2 aliphatic heterocycles. The number of fused-ring (bicyclic) bond motifs is 2. The summed E-state index contributed by atoms with van der Waals surface area (Å²) in [6.45, 7) is 3.38. The molecule has 2 heterocycles. The molecule has 0 spiro atoms. The number of rotatable bonds is 7. The van der Waals surface area contributed by atoms with E-state index >= 15 is 0 Å². The van der Waals surface area contributed by atoms with Gasteiger partial charge in [-0.1, -0.05) is 44.0 Å². The summed E-state index contributed by atoms with van der Waals surface area (Å²) in [6, 6.07) is 7.21. The van der Waals surface area contributed by atoms with Crippen LogP contribution in [0.1, 0.15) is 43.7 Å². The van der Waals surface area contributed by atoms with Crippen molar-refractivity contribution in [3.8, 4) is 0 Å². The first-order chi connectivity index (χ1) is 12.1. The number of amides is 4. The van der Waals surface area contributed by atoms with E-state index in [0.29, 0.717) is 19.5 Å². The number of carbonyl (C=O) groups excluding carboxylic acids is 3. The van der Waals surface area contributed by atoms with Gasteiger partial charge in [0.05, 0.1) is 0 Å². The first-order valence-corrected chi connectivity index (χ1v) is 9.07. The van der Waals surface area contributed by atoms with Crippen LogP contribution in [0.15, 0.2) is 24.3 Å². The largest absolute Gasteiger partial charge is 0.356 e. The lowest BCUT2D eigenvalue weighted by Gasteiger charge is -2.28. The van der Waals surface area contributed by atoms with Gasteiger partial charge in [0.1, 0.15) is 6.04 Å². The highest BCUT2D eigenvalue weighted by molar-refractivity contribution is 6.04. The van der Waals surface area contributed by atoms with Crippen molar-refractivity contribution >= 4 is 17.8 Å². The third kappa shape index (κ3) is 3.67. The number of nitrogens with zero attached hydrogens (tertiary/aromatic N) is 2. The van der Waals surface area contributed by atoms with Crippen molar-refractivity contribution in [1.82, 2.24) is 15.1 Å². The molecule has 0 radical (unpaired) electrons. The SMILES string of the molecule is CCCCCNC(=O)CCN1C(=O)C2Cc3ccccc3CN2C1=O. The van der Waals surface area contributed by atoms with Gasteiger partial charge in [-0.25, -0.2) is 4.79 Å². The zero-order valence-electron chi connectivity index (χ0n) is 14.7. The maximum Gasteiger partial charge on any atom is 0.327 e. The van der Waals surface area contributed by atoms with Crippen molar-refractivity contribution in [2.24, 2.45) is 0 Å². The molecule has 0 bridgehead atoms. The average molecular weight is 343 g/mol. The van der Waals surface area contributed by atoms with Gasteiger partial charge >= 0.3 is 6.03 Å². The molecule has 1 unspecified atom stereocenters. The highest BCUT2D eigenvalue weighted by Gasteiger charge is 2.46. The maximum atomic E-state index is 12.6. The van der Waals surface area contributed by atoms with Gasteiger partial charge in [0.15, 0.2) is 0 Å². The molecule has 1 fully saturated rings. The molecule has 134 valence electrons. The van der Waals surface area contributed by atoms with Crippen LogP contribution in [0.2, 0.25) is 0 Å². The van der Waals surface area contributed by atoms with Crippen molar-refractivity contribution in [3.63, 3.8) is 0 Å². The van der Waals surface area contributed by atoms with E-state index in [1.54, 1.807) is 4.90 Å². The molecule has 1 atom stereocenters. The fourth-order valence-corrected chi connectivity index (χ4v) is 3.48. The summed E-state index contributed by atoms with van der Waals surface area (Å²) in [4.78, 5) is 39.9. The molecule has 6 heteroatoms. The van der Waals surface area contributed by atoms with E-state index in [-0.39, 0.29) is 30.8 Å². The van der Waals surface area contributed by atoms with Crippen LogP contribution in [0.25, 0.3) is 0 Å². The van der Waals surface area contributed by atoms with E-state index in [1.807, 2.05) is 24.3 Å². The average Bonchev–Trinajstić information content (AvgIpc) is 2.85. The third-order valence-corrected chi connectivity index (χ3v) is 4.94. The Balaban J connectivity index is 1.56. The number of urea groups is 1. The van der Waals surface area contributed by atoms with Gasteiger partial charge < -0.3 is 10.2 Å². The Bertz CT molecular complexity index is 631. The summed E-state index contributed by atoms with van der Waals surface area (Å²) in [5.41, 5.74) is 2.22. The number of imide groups is 1. The fourth-order valence-electron chi connectivity index (χ4n) is 3.48. The van der Waals surface area contributed by atoms with Gasteiger partial charge in [-0.15, -0.1) is 0 Å². The normalized spacial score (nSPS) is 19.0. The molecule has 4 amide bonds. The summed E-state index contributed by atoms with van der Waals surface area (Å²) >= 11 is 0. The molecule has 0 saturated carbocycles. The van der Waals surface area contributed by atoms with Gasteiger partial charge in [-0.05, 0) is 17.5 Å². The molecule has 6 nitrogen and oxygen atoms in total. The topological polar surface area (TPSA) is 69.7 Å². The molecule has 1 aromatic rings. The number of hydrogen-bond donors (Lipinski definition) is 1. The zero-order chi connectivity index (χ0) is 17.8. The molecular weight excluding hydrogens is 318 g/mol. The quantitative estimate of drug-likeness (QED) is 0.609. The smallest absolute Gasteiger partial charge is 0.327 e. The summed E-state index contributed by atoms with van der Waals surface area (Å²) < 4.78 is 0. The second-order valence-corrected chi connectivity index (χ2v) is 6.70. The Morgan fingerprint density at radius 3 is 2.72 bits per heavy atom. The molecule has 0 aliphatic carbocycles. The number of nitrogens with one attached hydrogen (secondary N) is 1. The van der Waals surface area contributed by atoms with Crippen molar-refractivity contribution in [2.75, 3.05) is 13.1 Å². The molecule has 1 aromatic carbocycles. The standard InChI is InChI=1S/C19H25N3O3/c1-2-3-6-10-20-17(23)9-11-21-18(24)16-12-14-7-4-5-8-15(14)13-22(16)19(21)25/h4-5,7-8,16H,2-3,6,9-13H2,1H3,(H,20,23). The van der Waals surface area contributed by atoms with Crippen molar-refractivity contribution < 1.29 is 14.4 Å². The second-order valence-electron chi connectivity index (χ2n) is 6.70. The lowest BCUT2D eigenvalue weighted by atomic mass is 9.95. The first-order valence-electron chi connectivity index (χ1n) is 9.07. The molecular formula is C19H25N3O3. The van der Waals surface area contributed by atoms with Crippen molar-refractivity contribution in [2.45, 2.75) is 51.6 Å². The van der Waals surface area contributed by atoms with E-state index in [9.17, 15) is 14.4 Å². The Kier molecular flexibility index (Phi) is 5.36. The fraction of sp³-hybridized carbons (Fsp3) is 0.526. The van der Waals surface area contributed by atoms with Crippen molar-refractivity contribution in [3.05, 3.63) is 35.4 Å². The molecule has 0 aromatic heterocycles. The Morgan fingerprint density at radius 2 is 1.96 bits per heavy atom. The number of hydrogen-bond acceptors (Lipinski definition) is 3. The number of carbonyl (C=O) groups is 3. The minimum absolute atomic E-state index is 0.107. The summed E-state index contributed by atoms with van der Waals surface area (Å²) in [6.07, 6.45) is 3.86.